The number of carbonyl (C=O) groups excluding carboxylic acids is 2. The van der Waals surface area contributed by atoms with Gasteiger partial charge in [0.05, 0.1) is 17.5 Å². The number of nitrogens with zero attached hydrogens (tertiary/aromatic N) is 2. The van der Waals surface area contributed by atoms with Crippen molar-refractivity contribution in [2.45, 2.75) is 38.8 Å². The summed E-state index contributed by atoms with van der Waals surface area (Å²) in [6.07, 6.45) is 2.17. The third-order valence-electron chi connectivity index (χ3n) is 11.3. The highest BCUT2D eigenvalue weighted by molar-refractivity contribution is 5.92. The maximum absolute atomic E-state index is 13.3. The molecule has 0 saturated heterocycles. The Kier molecular flexibility index (Phi) is 2.78. The average Bonchev–Trinajstić information content (AvgIpc) is 2.76. The summed E-state index contributed by atoms with van der Waals surface area (Å²) in [4.78, 5) is 28.6. The highest BCUT2D eigenvalue weighted by Crippen LogP contribution is 3.10. The Morgan fingerprint density at radius 1 is 1.10 bits per heavy atom. The minimum absolute atomic E-state index is 0.00678. The van der Waals surface area contributed by atoms with Crippen molar-refractivity contribution in [3.05, 3.63) is 35.4 Å². The molecular weight excluding hydrogens is 386 g/mol. The summed E-state index contributed by atoms with van der Waals surface area (Å²) in [5.74, 6) is 5.05. The molecule has 0 radical (unpaired) electrons. The topological polar surface area (TPSA) is 73.2 Å². The number of carbonyl (C=O) groups is 2. The van der Waals surface area contributed by atoms with E-state index in [-0.39, 0.29) is 35.1 Å². The van der Waals surface area contributed by atoms with Crippen molar-refractivity contribution < 1.29 is 9.59 Å². The van der Waals surface area contributed by atoms with E-state index >= 15 is 0 Å². The van der Waals surface area contributed by atoms with Crippen LogP contribution in [0.1, 0.15) is 30.9 Å². The number of nitrogens with one attached hydrogen (secondary N) is 1. The first kappa shape index (κ1) is 17.2. The van der Waals surface area contributed by atoms with E-state index in [9.17, 15) is 9.59 Å². The second-order valence-electron chi connectivity index (χ2n) is 11.8. The van der Waals surface area contributed by atoms with E-state index in [1.165, 1.54) is 11.1 Å². The van der Waals surface area contributed by atoms with Gasteiger partial charge < -0.3 is 10.2 Å². The van der Waals surface area contributed by atoms with Crippen LogP contribution in [0.3, 0.4) is 0 Å². The van der Waals surface area contributed by atoms with Gasteiger partial charge in [-0.05, 0) is 71.3 Å². The van der Waals surface area contributed by atoms with Crippen LogP contribution in [-0.2, 0) is 22.6 Å². The van der Waals surface area contributed by atoms with Crippen molar-refractivity contribution in [3.63, 3.8) is 0 Å². The molecule has 5 nitrogen and oxygen atoms in total. The second kappa shape index (κ2) is 5.00. The van der Waals surface area contributed by atoms with Crippen LogP contribution in [0, 0.1) is 69.5 Å². The molecule has 7 aliphatic carbocycles. The molecule has 1 aromatic carbocycles. The monoisotopic (exact) mass is 413 g/mol. The lowest BCUT2D eigenvalue weighted by molar-refractivity contribution is -0.637. The van der Waals surface area contributed by atoms with Gasteiger partial charge >= 0.3 is 0 Å². The Bertz CT molecular complexity index is 1060. The van der Waals surface area contributed by atoms with Crippen LogP contribution in [0.25, 0.3) is 0 Å². The molecule has 1 unspecified atom stereocenters. The van der Waals surface area contributed by atoms with Crippen molar-refractivity contribution in [3.8, 4) is 6.07 Å². The third kappa shape index (κ3) is 1.51. The number of rotatable bonds is 4. The standard InChI is InChI=1S/C26H27N3O2/c1-25-17-20-18(25)22-19(25)21(17)26(20,22)24(31)28-10-16-8-13-4-2-3-5-14(13)11-29(16)23(30)15-6-12(7-15)9-27/h2-5,12,15-22H,6-8,10-11H2,1H3,(H,28,31). The first-order chi connectivity index (χ1) is 15.0. The van der Waals surface area contributed by atoms with E-state index in [1.807, 2.05) is 11.0 Å². The molecule has 1 aliphatic heterocycles. The summed E-state index contributed by atoms with van der Waals surface area (Å²) in [6.45, 7) is 3.63. The van der Waals surface area contributed by atoms with Crippen molar-refractivity contribution in [1.82, 2.24) is 10.2 Å². The highest BCUT2D eigenvalue weighted by atomic mass is 16.2. The summed E-state index contributed by atoms with van der Waals surface area (Å²) in [7, 11) is 0. The van der Waals surface area contributed by atoms with Crippen LogP contribution in [-0.4, -0.2) is 29.3 Å². The third-order valence-corrected chi connectivity index (χ3v) is 11.3. The Morgan fingerprint density at radius 3 is 2.39 bits per heavy atom. The van der Waals surface area contributed by atoms with Gasteiger partial charge in [-0.15, -0.1) is 0 Å². The molecule has 7 fully saturated rings. The van der Waals surface area contributed by atoms with Gasteiger partial charge in [-0.25, -0.2) is 0 Å². The smallest absolute Gasteiger partial charge is 0.227 e. The summed E-state index contributed by atoms with van der Waals surface area (Å²) >= 11 is 0. The number of fused-ring (bicyclic) bond motifs is 1. The van der Waals surface area contributed by atoms with E-state index in [4.69, 9.17) is 5.26 Å². The largest absolute Gasteiger partial charge is 0.354 e. The molecule has 5 heteroatoms. The van der Waals surface area contributed by atoms with Crippen LogP contribution in [0.2, 0.25) is 0 Å². The first-order valence-electron chi connectivity index (χ1n) is 12.1. The van der Waals surface area contributed by atoms with E-state index in [0.717, 1.165) is 24.2 Å². The highest BCUT2D eigenvalue weighted by Gasteiger charge is 3.10. The number of hydrogen-bond acceptors (Lipinski definition) is 3. The van der Waals surface area contributed by atoms with Gasteiger partial charge in [0.15, 0.2) is 0 Å². The van der Waals surface area contributed by atoms with Gasteiger partial charge in [-0.3, -0.25) is 9.59 Å². The normalized spacial score (nSPS) is 52.4. The molecule has 1 heterocycles. The molecule has 1 atom stereocenters. The molecule has 0 bridgehead atoms. The van der Waals surface area contributed by atoms with Gasteiger partial charge in [0.25, 0.3) is 0 Å². The summed E-state index contributed by atoms with van der Waals surface area (Å²) in [5.41, 5.74) is 3.12. The van der Waals surface area contributed by atoms with Crippen LogP contribution in [0.5, 0.6) is 0 Å². The van der Waals surface area contributed by atoms with E-state index < -0.39 is 0 Å². The number of amides is 2. The van der Waals surface area contributed by atoms with Gasteiger partial charge in [-0.2, -0.15) is 5.26 Å². The Balaban J connectivity index is 1.000. The van der Waals surface area contributed by atoms with Crippen LogP contribution < -0.4 is 5.32 Å². The molecule has 2 amide bonds. The van der Waals surface area contributed by atoms with E-state index in [1.54, 1.807) is 0 Å². The number of hydrogen-bond donors (Lipinski definition) is 1. The first-order valence-corrected chi connectivity index (χ1v) is 12.1. The molecule has 1 N–H and O–H groups in total. The fraction of sp³-hybridized carbons (Fsp3) is 0.654. The predicted octanol–water partition coefficient (Wildman–Crippen LogP) is 2.36. The summed E-state index contributed by atoms with van der Waals surface area (Å²) in [6, 6.07) is 10.7. The Morgan fingerprint density at radius 2 is 1.74 bits per heavy atom. The molecule has 8 aliphatic rings. The van der Waals surface area contributed by atoms with Gasteiger partial charge in [0.1, 0.15) is 0 Å². The van der Waals surface area contributed by atoms with Crippen molar-refractivity contribution in [1.29, 1.82) is 5.26 Å². The lowest BCUT2D eigenvalue weighted by Gasteiger charge is -3.10. The maximum Gasteiger partial charge on any atom is 0.227 e. The number of benzene rings is 1. The van der Waals surface area contributed by atoms with E-state index in [0.29, 0.717) is 49.1 Å². The van der Waals surface area contributed by atoms with Gasteiger partial charge in [0, 0.05) is 24.9 Å². The van der Waals surface area contributed by atoms with Crippen LogP contribution in [0.15, 0.2) is 24.3 Å². The molecule has 7 saturated carbocycles. The van der Waals surface area contributed by atoms with Crippen molar-refractivity contribution in [2.75, 3.05) is 6.54 Å². The van der Waals surface area contributed by atoms with Crippen LogP contribution >= 0.6 is 0 Å². The number of nitriles is 1. The van der Waals surface area contributed by atoms with Gasteiger partial charge in [-0.1, -0.05) is 31.2 Å². The molecule has 158 valence electrons. The quantitative estimate of drug-likeness (QED) is 0.824. The molecule has 0 spiro atoms. The molecule has 9 rings (SSSR count). The average molecular weight is 414 g/mol. The van der Waals surface area contributed by atoms with Crippen molar-refractivity contribution in [2.24, 2.45) is 58.2 Å². The van der Waals surface area contributed by atoms with E-state index in [2.05, 4.69) is 36.5 Å². The molecule has 1 aromatic rings. The summed E-state index contributed by atoms with van der Waals surface area (Å²) in [5, 5.41) is 12.4. The predicted molar refractivity (Wildman–Crippen MR) is 111 cm³/mol. The van der Waals surface area contributed by atoms with Gasteiger partial charge in [0.2, 0.25) is 11.8 Å². The van der Waals surface area contributed by atoms with Crippen LogP contribution in [0.4, 0.5) is 0 Å². The zero-order valence-electron chi connectivity index (χ0n) is 17.8. The minimum Gasteiger partial charge on any atom is -0.354 e. The maximum atomic E-state index is 13.3. The molecule has 0 aromatic heterocycles. The zero-order chi connectivity index (χ0) is 20.9. The Hall–Kier alpha value is -2.35. The SMILES string of the molecule is CC12C3C4C1C1C2C3C41C(=O)NCC1Cc2ccccc2CN1C(=O)C1CC(C#N)C1. The minimum atomic E-state index is -0.0295. The lowest BCUT2D eigenvalue weighted by Crippen LogP contribution is -3.10. The van der Waals surface area contributed by atoms with Crippen molar-refractivity contribution >= 4 is 11.8 Å². The second-order valence-corrected chi connectivity index (χ2v) is 11.8. The Labute approximate surface area is 182 Å². The molecule has 31 heavy (non-hydrogen) atoms. The molecular formula is C26H27N3O2. The zero-order valence-corrected chi connectivity index (χ0v) is 17.8. The lowest BCUT2D eigenvalue weighted by atomic mass is 8.92. The summed E-state index contributed by atoms with van der Waals surface area (Å²) < 4.78 is 0. The fourth-order valence-corrected chi connectivity index (χ4v) is 10.1. The fourth-order valence-electron chi connectivity index (χ4n) is 10.1.